The molecule has 23 heavy (non-hydrogen) atoms. The van der Waals surface area contributed by atoms with Crippen LogP contribution in [0.1, 0.15) is 37.7 Å². The number of likely N-dealkylation sites (tertiary alicyclic amines) is 1. The summed E-state index contributed by atoms with van der Waals surface area (Å²) < 4.78 is 0.530. The third-order valence-corrected chi connectivity index (χ3v) is 6.03. The summed E-state index contributed by atoms with van der Waals surface area (Å²) in [5, 5.41) is 21.0. The van der Waals surface area contributed by atoms with Gasteiger partial charge in [0.1, 0.15) is 5.60 Å². The first kappa shape index (κ1) is 16.5. The number of quaternary nitrogens is 1. The lowest BCUT2D eigenvalue weighted by molar-refractivity contribution is -0.892. The Bertz CT molecular complexity index is 555. The van der Waals surface area contributed by atoms with Crippen LogP contribution in [-0.2, 0) is 10.4 Å². The fraction of sp³-hybridized carbons (Fsp3) is 0.632. The van der Waals surface area contributed by atoms with Gasteiger partial charge < -0.3 is 14.7 Å². The normalized spacial score (nSPS) is 31.1. The quantitative estimate of drug-likeness (QED) is 0.821. The Morgan fingerprint density at radius 1 is 1.17 bits per heavy atom. The van der Waals surface area contributed by atoms with Crippen molar-refractivity contribution < 1.29 is 19.5 Å². The topological polar surface area (TPSA) is 57.5 Å². The predicted octanol–water partition coefficient (Wildman–Crippen LogP) is 2.62. The van der Waals surface area contributed by atoms with Gasteiger partial charge in [0.25, 0.3) is 0 Å². The largest absolute Gasteiger partial charge is 0.477 e. The molecule has 0 radical (unpaired) electrons. The zero-order valence-corrected chi connectivity index (χ0v) is 13.9. The molecule has 1 heterocycles. The van der Waals surface area contributed by atoms with Crippen LogP contribution in [0.3, 0.4) is 0 Å². The van der Waals surface area contributed by atoms with Gasteiger partial charge in [-0.05, 0) is 24.3 Å². The lowest BCUT2D eigenvalue weighted by Gasteiger charge is -2.40. The Kier molecular flexibility index (Phi) is 4.47. The number of rotatable bonds is 5. The molecule has 2 aliphatic rings. The van der Waals surface area contributed by atoms with Gasteiger partial charge in [0.05, 0.1) is 20.1 Å². The van der Waals surface area contributed by atoms with E-state index >= 15 is 0 Å². The van der Waals surface area contributed by atoms with E-state index in [0.717, 1.165) is 37.9 Å². The number of hydrogen-bond donors (Lipinski definition) is 2. The highest BCUT2D eigenvalue weighted by Gasteiger charge is 2.52. The summed E-state index contributed by atoms with van der Waals surface area (Å²) >= 11 is 0. The minimum Gasteiger partial charge on any atom is -0.477 e. The van der Waals surface area contributed by atoms with E-state index < -0.39 is 11.6 Å². The van der Waals surface area contributed by atoms with Gasteiger partial charge in [0, 0.05) is 12.3 Å². The number of nitrogens with zero attached hydrogens (tertiary/aromatic N) is 1. The van der Waals surface area contributed by atoms with Crippen molar-refractivity contribution in [2.45, 2.75) is 37.7 Å². The van der Waals surface area contributed by atoms with E-state index in [0.29, 0.717) is 10.4 Å². The molecule has 0 bridgehead atoms. The zero-order chi connectivity index (χ0) is 16.5. The molecule has 126 valence electrons. The van der Waals surface area contributed by atoms with Crippen molar-refractivity contribution in [3.05, 3.63) is 35.9 Å². The molecule has 3 atom stereocenters. The van der Waals surface area contributed by atoms with Crippen LogP contribution in [0.5, 0.6) is 0 Å². The summed E-state index contributed by atoms with van der Waals surface area (Å²) in [5.41, 5.74) is 0.201. The van der Waals surface area contributed by atoms with E-state index in [1.807, 2.05) is 37.4 Å². The molecule has 0 spiro atoms. The Morgan fingerprint density at radius 2 is 1.83 bits per heavy atom. The zero-order valence-electron chi connectivity index (χ0n) is 13.9. The van der Waals surface area contributed by atoms with E-state index in [-0.39, 0.29) is 12.5 Å². The standard InChI is InChI=1S/C19H27NO3/c1-20(14-18(21)22)12-11-17(13-20)19(23,16-9-5-6-10-16)15-7-3-2-4-8-15/h2-4,7-8,16-17,23H,5-6,9-14H2,1H3/p+1. The van der Waals surface area contributed by atoms with Gasteiger partial charge in [-0.1, -0.05) is 43.2 Å². The third kappa shape index (κ3) is 3.15. The molecule has 2 fully saturated rings. The van der Waals surface area contributed by atoms with E-state index in [1.54, 1.807) is 0 Å². The van der Waals surface area contributed by atoms with Crippen LogP contribution in [0.4, 0.5) is 0 Å². The number of aliphatic hydroxyl groups is 1. The number of carboxylic acids is 1. The Morgan fingerprint density at radius 3 is 2.43 bits per heavy atom. The predicted molar refractivity (Wildman–Crippen MR) is 88.8 cm³/mol. The Balaban J connectivity index is 1.89. The smallest absolute Gasteiger partial charge is 0.359 e. The molecular weight excluding hydrogens is 290 g/mol. The van der Waals surface area contributed by atoms with Gasteiger partial charge in [-0.15, -0.1) is 0 Å². The van der Waals surface area contributed by atoms with Crippen LogP contribution in [0.25, 0.3) is 0 Å². The van der Waals surface area contributed by atoms with E-state index in [2.05, 4.69) is 0 Å². The van der Waals surface area contributed by atoms with Crippen molar-refractivity contribution >= 4 is 5.97 Å². The van der Waals surface area contributed by atoms with Crippen molar-refractivity contribution in [3.63, 3.8) is 0 Å². The number of carbonyl (C=O) groups is 1. The summed E-state index contributed by atoms with van der Waals surface area (Å²) in [4.78, 5) is 11.2. The van der Waals surface area contributed by atoms with Crippen molar-refractivity contribution in [3.8, 4) is 0 Å². The maximum Gasteiger partial charge on any atom is 0.359 e. The molecule has 1 aliphatic carbocycles. The van der Waals surface area contributed by atoms with Crippen LogP contribution in [0, 0.1) is 11.8 Å². The average Bonchev–Trinajstić information content (AvgIpc) is 3.17. The first-order valence-corrected chi connectivity index (χ1v) is 8.77. The number of hydrogen-bond acceptors (Lipinski definition) is 2. The second-order valence-corrected chi connectivity index (χ2v) is 7.74. The average molecular weight is 318 g/mol. The fourth-order valence-electron chi connectivity index (χ4n) is 4.89. The number of likely N-dealkylation sites (N-methyl/N-ethyl adjacent to an activating group) is 1. The summed E-state index contributed by atoms with van der Waals surface area (Å²) in [5.74, 6) is -0.319. The molecule has 3 rings (SSSR count). The van der Waals surface area contributed by atoms with E-state index in [1.165, 1.54) is 12.8 Å². The fourth-order valence-corrected chi connectivity index (χ4v) is 4.89. The molecule has 1 saturated carbocycles. The number of carboxylic acid groups (broad SMARTS) is 1. The summed E-state index contributed by atoms with van der Waals surface area (Å²) in [7, 11) is 2.01. The van der Waals surface area contributed by atoms with Crippen LogP contribution in [0.2, 0.25) is 0 Å². The minimum absolute atomic E-state index is 0.136. The van der Waals surface area contributed by atoms with Crippen LogP contribution in [0.15, 0.2) is 30.3 Å². The molecule has 0 aromatic heterocycles. The van der Waals surface area contributed by atoms with Crippen molar-refractivity contribution in [2.75, 3.05) is 26.7 Å². The van der Waals surface area contributed by atoms with Gasteiger partial charge in [0.15, 0.2) is 6.54 Å². The second kappa shape index (κ2) is 6.25. The highest BCUT2D eigenvalue weighted by Crippen LogP contribution is 2.48. The van der Waals surface area contributed by atoms with Gasteiger partial charge in [-0.2, -0.15) is 0 Å². The molecule has 1 saturated heterocycles. The molecule has 3 unspecified atom stereocenters. The molecule has 1 aromatic rings. The van der Waals surface area contributed by atoms with Crippen molar-refractivity contribution in [1.82, 2.24) is 0 Å². The first-order valence-electron chi connectivity index (χ1n) is 8.77. The van der Waals surface area contributed by atoms with Crippen molar-refractivity contribution in [2.24, 2.45) is 11.8 Å². The molecule has 2 N–H and O–H groups in total. The van der Waals surface area contributed by atoms with Gasteiger partial charge in [-0.3, -0.25) is 0 Å². The van der Waals surface area contributed by atoms with Crippen LogP contribution >= 0.6 is 0 Å². The summed E-state index contributed by atoms with van der Waals surface area (Å²) in [6.45, 7) is 1.72. The molecule has 1 aliphatic heterocycles. The highest BCUT2D eigenvalue weighted by molar-refractivity contribution is 5.67. The Hall–Kier alpha value is -1.39. The number of benzene rings is 1. The molecule has 4 heteroatoms. The van der Waals surface area contributed by atoms with Gasteiger partial charge in [0.2, 0.25) is 0 Å². The third-order valence-electron chi connectivity index (χ3n) is 6.03. The minimum atomic E-state index is -0.813. The lowest BCUT2D eigenvalue weighted by atomic mass is 9.71. The molecule has 1 aromatic carbocycles. The summed E-state index contributed by atoms with van der Waals surface area (Å²) in [6.07, 6.45) is 5.42. The SMILES string of the molecule is C[N+]1(CC(=O)O)CCC(C(O)(c2ccccc2)C2CCCC2)C1. The molecule has 0 amide bonds. The molecule has 4 nitrogen and oxygen atoms in total. The first-order chi connectivity index (χ1) is 10.9. The van der Waals surface area contributed by atoms with Gasteiger partial charge >= 0.3 is 5.97 Å². The summed E-state index contributed by atoms with van der Waals surface area (Å²) in [6, 6.07) is 10.1. The Labute approximate surface area is 138 Å². The van der Waals surface area contributed by atoms with E-state index in [4.69, 9.17) is 0 Å². The van der Waals surface area contributed by atoms with Gasteiger partial charge in [-0.25, -0.2) is 4.79 Å². The highest BCUT2D eigenvalue weighted by atomic mass is 16.4. The van der Waals surface area contributed by atoms with Crippen LogP contribution < -0.4 is 0 Å². The van der Waals surface area contributed by atoms with Crippen LogP contribution in [-0.4, -0.2) is 47.3 Å². The molecular formula is C19H28NO3+. The maximum absolute atomic E-state index is 11.8. The second-order valence-electron chi connectivity index (χ2n) is 7.74. The van der Waals surface area contributed by atoms with E-state index in [9.17, 15) is 15.0 Å². The lowest BCUT2D eigenvalue weighted by Crippen LogP contribution is -2.49. The maximum atomic E-state index is 11.8. The van der Waals surface area contributed by atoms with Crippen molar-refractivity contribution in [1.29, 1.82) is 0 Å². The monoisotopic (exact) mass is 318 g/mol. The number of aliphatic carboxylic acids is 1.